The molecule has 0 aromatic carbocycles. The predicted molar refractivity (Wildman–Crippen MR) is 52.8 cm³/mol. The Labute approximate surface area is 92.5 Å². The molecule has 1 spiro atoms. The zero-order valence-corrected chi connectivity index (χ0v) is 8.83. The van der Waals surface area contributed by atoms with Crippen molar-refractivity contribution in [3.05, 3.63) is 11.9 Å². The first-order valence-electron chi connectivity index (χ1n) is 5.38. The Hall–Kier alpha value is -1.27. The van der Waals surface area contributed by atoms with Crippen molar-refractivity contribution < 1.29 is 14.3 Å². The minimum Gasteiger partial charge on any atom is -0.350 e. The Morgan fingerprint density at radius 3 is 2.81 bits per heavy atom. The lowest BCUT2D eigenvalue weighted by molar-refractivity contribution is -0.213. The van der Waals surface area contributed by atoms with Crippen molar-refractivity contribution in [2.24, 2.45) is 5.41 Å². The second kappa shape index (κ2) is 3.64. The lowest BCUT2D eigenvalue weighted by atomic mass is 10.1. The molecular weight excluding hydrogens is 210 g/mol. The van der Waals surface area contributed by atoms with Crippen molar-refractivity contribution in [2.75, 3.05) is 13.2 Å². The molecule has 0 unspecified atom stereocenters. The van der Waals surface area contributed by atoms with E-state index < -0.39 is 0 Å². The second-order valence-corrected chi connectivity index (χ2v) is 4.53. The molecule has 1 saturated carbocycles. The van der Waals surface area contributed by atoms with Gasteiger partial charge < -0.3 is 9.47 Å². The van der Waals surface area contributed by atoms with Gasteiger partial charge in [-0.15, -0.1) is 5.10 Å². The smallest absolute Gasteiger partial charge is 0.177 e. The lowest BCUT2D eigenvalue weighted by Crippen LogP contribution is -2.36. The van der Waals surface area contributed by atoms with E-state index in [4.69, 9.17) is 9.47 Å². The fourth-order valence-electron chi connectivity index (χ4n) is 1.81. The highest BCUT2D eigenvalue weighted by Gasteiger charge is 2.46. The predicted octanol–water partition coefficient (Wildman–Crippen LogP) is 0.244. The highest BCUT2D eigenvalue weighted by atomic mass is 16.7. The summed E-state index contributed by atoms with van der Waals surface area (Å²) in [5.41, 5.74) is 0.641. The van der Waals surface area contributed by atoms with E-state index in [1.807, 2.05) is 0 Å². The monoisotopic (exact) mass is 223 g/mol. The molecule has 1 aromatic heterocycles. The molecule has 2 fully saturated rings. The third-order valence-corrected chi connectivity index (χ3v) is 3.12. The molecular formula is C10H13N3O3. The minimum atomic E-state index is -0.271. The normalized spacial score (nSPS) is 23.5. The van der Waals surface area contributed by atoms with Crippen molar-refractivity contribution in [1.29, 1.82) is 0 Å². The molecule has 1 aliphatic heterocycles. The quantitative estimate of drug-likeness (QED) is 0.687. The van der Waals surface area contributed by atoms with Gasteiger partial charge in [-0.1, -0.05) is 5.21 Å². The maximum atomic E-state index is 10.4. The molecule has 86 valence electrons. The van der Waals surface area contributed by atoms with Gasteiger partial charge in [-0.05, 0) is 12.8 Å². The number of aldehydes is 1. The van der Waals surface area contributed by atoms with Gasteiger partial charge in [-0.3, -0.25) is 4.79 Å². The van der Waals surface area contributed by atoms with E-state index in [1.165, 1.54) is 12.8 Å². The fourth-order valence-corrected chi connectivity index (χ4v) is 1.81. The van der Waals surface area contributed by atoms with E-state index in [2.05, 4.69) is 10.3 Å². The van der Waals surface area contributed by atoms with E-state index in [0.717, 1.165) is 13.2 Å². The van der Waals surface area contributed by atoms with Crippen LogP contribution in [0.1, 0.15) is 23.3 Å². The summed E-state index contributed by atoms with van der Waals surface area (Å²) >= 11 is 0. The van der Waals surface area contributed by atoms with Crippen molar-refractivity contribution in [3.63, 3.8) is 0 Å². The number of hydrogen-bond donors (Lipinski definition) is 0. The number of aromatic nitrogens is 3. The van der Waals surface area contributed by atoms with Gasteiger partial charge in [0.05, 0.1) is 26.0 Å². The molecule has 2 heterocycles. The molecule has 1 saturated heterocycles. The van der Waals surface area contributed by atoms with Crippen molar-refractivity contribution in [1.82, 2.24) is 15.0 Å². The highest BCUT2D eigenvalue weighted by Crippen LogP contribution is 2.48. The van der Waals surface area contributed by atoms with Gasteiger partial charge in [0.1, 0.15) is 5.69 Å². The summed E-state index contributed by atoms with van der Waals surface area (Å²) < 4.78 is 12.8. The summed E-state index contributed by atoms with van der Waals surface area (Å²) in [6.07, 6.45) is 4.40. The number of nitrogens with zero attached hydrogens (tertiary/aromatic N) is 3. The van der Waals surface area contributed by atoms with Gasteiger partial charge >= 0.3 is 0 Å². The Morgan fingerprint density at radius 1 is 1.50 bits per heavy atom. The molecule has 16 heavy (non-hydrogen) atoms. The van der Waals surface area contributed by atoms with Gasteiger partial charge in [0, 0.05) is 5.41 Å². The molecule has 2 aliphatic rings. The standard InChI is InChI=1S/C10H13N3O3/c14-5-8-3-13(12-11-8)4-9-15-6-10(1-2-10)7-16-9/h3,5,9H,1-2,4,6-7H2. The molecule has 0 N–H and O–H groups in total. The van der Waals surface area contributed by atoms with E-state index in [1.54, 1.807) is 10.9 Å². The van der Waals surface area contributed by atoms with Gasteiger partial charge in [-0.2, -0.15) is 0 Å². The van der Waals surface area contributed by atoms with E-state index in [-0.39, 0.29) is 6.29 Å². The number of rotatable bonds is 3. The van der Waals surface area contributed by atoms with Crippen LogP contribution in [0.3, 0.4) is 0 Å². The highest BCUT2D eigenvalue weighted by molar-refractivity contribution is 5.70. The van der Waals surface area contributed by atoms with Crippen LogP contribution in [0.2, 0.25) is 0 Å². The number of hydrogen-bond acceptors (Lipinski definition) is 5. The fraction of sp³-hybridized carbons (Fsp3) is 0.700. The van der Waals surface area contributed by atoms with Crippen LogP contribution >= 0.6 is 0 Å². The average molecular weight is 223 g/mol. The number of ether oxygens (including phenoxy) is 2. The van der Waals surface area contributed by atoms with Crippen molar-refractivity contribution in [2.45, 2.75) is 25.7 Å². The Kier molecular flexibility index (Phi) is 2.26. The number of carbonyl (C=O) groups is 1. The molecule has 0 radical (unpaired) electrons. The summed E-state index contributed by atoms with van der Waals surface area (Å²) in [4.78, 5) is 10.4. The van der Waals surface area contributed by atoms with Gasteiger partial charge in [0.2, 0.25) is 0 Å². The molecule has 1 aliphatic carbocycles. The SMILES string of the molecule is O=Cc1cn(CC2OCC3(CC3)CO2)nn1. The van der Waals surface area contributed by atoms with Gasteiger partial charge in [-0.25, -0.2) is 4.68 Å². The molecule has 0 bridgehead atoms. The zero-order chi connectivity index (χ0) is 11.0. The number of carbonyl (C=O) groups excluding carboxylic acids is 1. The largest absolute Gasteiger partial charge is 0.350 e. The summed E-state index contributed by atoms with van der Waals surface area (Å²) in [7, 11) is 0. The van der Waals surface area contributed by atoms with Crippen LogP contribution < -0.4 is 0 Å². The van der Waals surface area contributed by atoms with Crippen LogP contribution in [0, 0.1) is 5.41 Å². The van der Waals surface area contributed by atoms with Gasteiger partial charge in [0.25, 0.3) is 0 Å². The molecule has 6 heteroatoms. The lowest BCUT2D eigenvalue weighted by Gasteiger charge is -2.29. The average Bonchev–Trinajstić information content (AvgIpc) is 2.90. The topological polar surface area (TPSA) is 66.2 Å². The Bertz CT molecular complexity index is 390. The Balaban J connectivity index is 1.56. The zero-order valence-electron chi connectivity index (χ0n) is 8.83. The third-order valence-electron chi connectivity index (χ3n) is 3.12. The maximum Gasteiger partial charge on any atom is 0.177 e. The molecule has 0 amide bonds. The molecule has 1 aromatic rings. The van der Waals surface area contributed by atoms with E-state index in [0.29, 0.717) is 23.9 Å². The van der Waals surface area contributed by atoms with E-state index in [9.17, 15) is 4.79 Å². The maximum absolute atomic E-state index is 10.4. The first kappa shape index (κ1) is 9.92. The molecule has 6 nitrogen and oxygen atoms in total. The van der Waals surface area contributed by atoms with Gasteiger partial charge in [0.15, 0.2) is 12.6 Å². The van der Waals surface area contributed by atoms with Crippen LogP contribution in [0.15, 0.2) is 6.20 Å². The summed E-state index contributed by atoms with van der Waals surface area (Å²) in [6, 6.07) is 0. The second-order valence-electron chi connectivity index (χ2n) is 4.53. The van der Waals surface area contributed by atoms with Crippen molar-refractivity contribution >= 4 is 6.29 Å². The van der Waals surface area contributed by atoms with Crippen molar-refractivity contribution in [3.8, 4) is 0 Å². The summed E-state index contributed by atoms with van der Waals surface area (Å²) in [6.45, 7) is 2.02. The van der Waals surface area contributed by atoms with Crippen LogP contribution in [0.4, 0.5) is 0 Å². The Morgan fingerprint density at radius 2 is 2.25 bits per heavy atom. The first-order chi connectivity index (χ1) is 7.80. The molecule has 3 rings (SSSR count). The van der Waals surface area contributed by atoms with Crippen LogP contribution in [0.5, 0.6) is 0 Å². The van der Waals surface area contributed by atoms with Crippen LogP contribution in [-0.4, -0.2) is 40.8 Å². The third kappa shape index (κ3) is 1.85. The molecule has 0 atom stereocenters. The van der Waals surface area contributed by atoms with Crippen LogP contribution in [-0.2, 0) is 16.0 Å². The minimum absolute atomic E-state index is 0.271. The summed E-state index contributed by atoms with van der Waals surface area (Å²) in [5.74, 6) is 0. The van der Waals surface area contributed by atoms with E-state index >= 15 is 0 Å². The first-order valence-corrected chi connectivity index (χ1v) is 5.38. The summed E-state index contributed by atoms with van der Waals surface area (Å²) in [5, 5.41) is 7.48. The van der Waals surface area contributed by atoms with Crippen LogP contribution in [0.25, 0.3) is 0 Å².